The first kappa shape index (κ1) is 31.3. The van der Waals surface area contributed by atoms with E-state index in [0.717, 1.165) is 56.8 Å². The number of anilines is 1. The lowest BCUT2D eigenvalue weighted by Gasteiger charge is -2.40. The Morgan fingerprint density at radius 2 is 1.91 bits per heavy atom. The van der Waals surface area contributed by atoms with Gasteiger partial charge < -0.3 is 25.6 Å². The average Bonchev–Trinajstić information content (AvgIpc) is 3.57. The number of benzene rings is 1. The van der Waals surface area contributed by atoms with Crippen LogP contribution in [0.5, 0.6) is 5.75 Å². The Kier molecular flexibility index (Phi) is 8.51. The summed E-state index contributed by atoms with van der Waals surface area (Å²) in [5.41, 5.74) is 11.8. The summed E-state index contributed by atoms with van der Waals surface area (Å²) in [6.45, 7) is 12.0. The minimum Gasteiger partial charge on any atom is -0.490 e. The number of likely N-dealkylation sites (tertiary alicyclic amines) is 1. The maximum absolute atomic E-state index is 13.0. The first-order chi connectivity index (χ1) is 20.9. The Bertz CT molecular complexity index is 1590. The van der Waals surface area contributed by atoms with Crippen LogP contribution in [0, 0.1) is 6.92 Å². The number of allylic oxidation sites excluding steroid dienone is 1. The standard InChI is InChI=1S/C31H45ClN8O3S/c1-18(2)44(41,42)30-26(17-39(5)38-30)36-29-25(32)16-35-31(33,37-29)24-14-19(3)27(23-15-20(4)43-28(23)24)21-8-12-40(13-9-21)22-6-10-34-11-7-22/h14,16-18,20-22,34,36-37H,6-13,15,33H2,1-5H3. The molecule has 1 aromatic heterocycles. The number of piperidine rings is 2. The molecule has 0 bridgehead atoms. The Morgan fingerprint density at radius 3 is 2.59 bits per heavy atom. The highest BCUT2D eigenvalue weighted by Crippen LogP contribution is 2.46. The zero-order chi connectivity index (χ0) is 31.4. The van der Waals surface area contributed by atoms with Crippen molar-refractivity contribution >= 4 is 33.3 Å². The van der Waals surface area contributed by atoms with E-state index in [1.807, 2.05) is 0 Å². The van der Waals surface area contributed by atoms with E-state index < -0.39 is 20.9 Å². The molecule has 13 heteroatoms. The molecule has 4 aliphatic heterocycles. The van der Waals surface area contributed by atoms with Crippen LogP contribution in [-0.4, -0.2) is 72.9 Å². The van der Waals surface area contributed by atoms with Crippen molar-refractivity contribution in [3.63, 3.8) is 0 Å². The summed E-state index contributed by atoms with van der Waals surface area (Å²) in [4.78, 5) is 7.33. The second kappa shape index (κ2) is 11.9. The highest BCUT2D eigenvalue weighted by Gasteiger charge is 2.40. The summed E-state index contributed by atoms with van der Waals surface area (Å²) < 4.78 is 34.0. The van der Waals surface area contributed by atoms with Gasteiger partial charge in [-0.25, -0.2) is 13.4 Å². The second-order valence-electron chi connectivity index (χ2n) is 13.0. The van der Waals surface area contributed by atoms with Crippen LogP contribution in [0.2, 0.25) is 0 Å². The Balaban J connectivity index is 1.28. The van der Waals surface area contributed by atoms with Gasteiger partial charge in [0.15, 0.2) is 0 Å². The number of hydrogen-bond donors (Lipinski definition) is 4. The number of sulfone groups is 1. The predicted molar refractivity (Wildman–Crippen MR) is 174 cm³/mol. The van der Waals surface area contributed by atoms with Crippen molar-refractivity contribution in [1.82, 2.24) is 25.3 Å². The maximum atomic E-state index is 13.0. The summed E-state index contributed by atoms with van der Waals surface area (Å²) in [5, 5.41) is 13.7. The number of nitrogens with zero attached hydrogens (tertiary/aromatic N) is 4. The molecular formula is C31H45ClN8O3S. The molecule has 1 aromatic carbocycles. The van der Waals surface area contributed by atoms with E-state index in [2.05, 4.69) is 50.9 Å². The van der Waals surface area contributed by atoms with Crippen LogP contribution < -0.4 is 26.4 Å². The largest absolute Gasteiger partial charge is 0.490 e. The highest BCUT2D eigenvalue weighted by molar-refractivity contribution is 7.92. The number of aliphatic imine (C=N–C) groups is 1. The van der Waals surface area contributed by atoms with Gasteiger partial charge in [0.1, 0.15) is 17.7 Å². The fraction of sp³-hybridized carbons (Fsp3) is 0.613. The molecule has 2 unspecified atom stereocenters. The van der Waals surface area contributed by atoms with Gasteiger partial charge in [0.2, 0.25) is 20.7 Å². The number of aromatic nitrogens is 2. The fourth-order valence-electron chi connectivity index (χ4n) is 7.18. The van der Waals surface area contributed by atoms with E-state index in [4.69, 9.17) is 22.1 Å². The number of nitrogens with one attached hydrogen (secondary N) is 3. The molecule has 6 rings (SSSR count). The van der Waals surface area contributed by atoms with Crippen molar-refractivity contribution in [3.8, 4) is 5.75 Å². The number of ether oxygens (including phenoxy) is 1. The lowest BCUT2D eigenvalue weighted by Crippen LogP contribution is -2.52. The highest BCUT2D eigenvalue weighted by atomic mass is 35.5. The molecule has 0 saturated carbocycles. The quantitative estimate of drug-likeness (QED) is 0.357. The topological polar surface area (TPSA) is 139 Å². The lowest BCUT2D eigenvalue weighted by molar-refractivity contribution is 0.126. The van der Waals surface area contributed by atoms with Crippen molar-refractivity contribution in [2.24, 2.45) is 17.8 Å². The van der Waals surface area contributed by atoms with E-state index in [1.54, 1.807) is 27.1 Å². The molecule has 2 fully saturated rings. The summed E-state index contributed by atoms with van der Waals surface area (Å²) in [6.07, 6.45) is 8.68. The third kappa shape index (κ3) is 5.75. The summed E-state index contributed by atoms with van der Waals surface area (Å²) in [6, 6.07) is 2.80. The minimum atomic E-state index is -3.66. The average molecular weight is 645 g/mol. The van der Waals surface area contributed by atoms with E-state index in [9.17, 15) is 8.42 Å². The van der Waals surface area contributed by atoms with E-state index in [1.165, 1.54) is 40.4 Å². The molecule has 2 saturated heterocycles. The molecule has 5 heterocycles. The maximum Gasteiger partial charge on any atom is 0.213 e. The number of nitrogens with two attached hydrogens (primary N) is 1. The first-order valence-corrected chi connectivity index (χ1v) is 17.6. The SMILES string of the molecule is Cc1cc(C2(N)N=CC(Cl)=C(Nc3cn(C)nc3S(=O)(=O)C(C)C)N2)c2c(c1C1CCN(C3CCNCC3)CC1)CC(C)O2. The normalized spacial score (nSPS) is 25.3. The van der Waals surface area contributed by atoms with Crippen LogP contribution in [0.1, 0.15) is 74.6 Å². The van der Waals surface area contributed by atoms with Gasteiger partial charge in [0, 0.05) is 37.5 Å². The number of hydrogen-bond acceptors (Lipinski definition) is 10. The van der Waals surface area contributed by atoms with Crippen molar-refractivity contribution in [3.05, 3.63) is 45.4 Å². The van der Waals surface area contributed by atoms with Gasteiger partial charge in [-0.1, -0.05) is 11.6 Å². The molecule has 0 amide bonds. The Labute approximate surface area is 265 Å². The third-order valence-corrected chi connectivity index (χ3v) is 11.9. The molecule has 0 radical (unpaired) electrons. The number of aryl methyl sites for hydroxylation is 2. The molecular weight excluding hydrogens is 600 g/mol. The molecule has 11 nitrogen and oxygen atoms in total. The van der Waals surface area contributed by atoms with E-state index >= 15 is 0 Å². The Hall–Kier alpha value is -2.64. The summed E-state index contributed by atoms with van der Waals surface area (Å²) >= 11 is 6.58. The number of rotatable bonds is 7. The van der Waals surface area contributed by atoms with Crippen molar-refractivity contribution < 1.29 is 13.2 Å². The van der Waals surface area contributed by atoms with Gasteiger partial charge in [-0.15, -0.1) is 0 Å². The molecule has 44 heavy (non-hydrogen) atoms. The lowest BCUT2D eigenvalue weighted by atomic mass is 9.80. The van der Waals surface area contributed by atoms with Crippen LogP contribution in [0.25, 0.3) is 0 Å². The zero-order valence-corrected chi connectivity index (χ0v) is 27.9. The monoisotopic (exact) mass is 644 g/mol. The van der Waals surface area contributed by atoms with Gasteiger partial charge in [-0.05, 0) is 103 Å². The van der Waals surface area contributed by atoms with Gasteiger partial charge in [0.25, 0.3) is 0 Å². The van der Waals surface area contributed by atoms with Crippen LogP contribution in [0.3, 0.4) is 0 Å². The molecule has 240 valence electrons. The van der Waals surface area contributed by atoms with E-state index in [0.29, 0.717) is 23.5 Å². The second-order valence-corrected chi connectivity index (χ2v) is 15.8. The van der Waals surface area contributed by atoms with Gasteiger partial charge in [0.05, 0.1) is 21.5 Å². The van der Waals surface area contributed by atoms with Crippen molar-refractivity contribution in [2.45, 2.75) is 93.9 Å². The predicted octanol–water partition coefficient (Wildman–Crippen LogP) is 3.43. The molecule has 2 atom stereocenters. The number of fused-ring (bicyclic) bond motifs is 1. The van der Waals surface area contributed by atoms with Crippen LogP contribution in [-0.2, 0) is 29.1 Å². The van der Waals surface area contributed by atoms with Gasteiger partial charge in [-0.3, -0.25) is 10.4 Å². The van der Waals surface area contributed by atoms with Gasteiger partial charge in [-0.2, -0.15) is 5.10 Å². The first-order valence-electron chi connectivity index (χ1n) is 15.7. The third-order valence-electron chi connectivity index (χ3n) is 9.49. The number of halogens is 1. The molecule has 2 aromatic rings. The van der Waals surface area contributed by atoms with E-state index in [-0.39, 0.29) is 16.2 Å². The van der Waals surface area contributed by atoms with Crippen LogP contribution in [0.4, 0.5) is 5.69 Å². The molecule has 0 aliphatic carbocycles. The molecule has 4 aliphatic rings. The van der Waals surface area contributed by atoms with Gasteiger partial charge >= 0.3 is 0 Å². The van der Waals surface area contributed by atoms with Crippen molar-refractivity contribution in [2.75, 3.05) is 31.5 Å². The fourth-order valence-corrected chi connectivity index (χ4v) is 8.42. The van der Waals surface area contributed by atoms with Crippen LogP contribution >= 0.6 is 11.6 Å². The Morgan fingerprint density at radius 1 is 1.20 bits per heavy atom. The van der Waals surface area contributed by atoms with Crippen LogP contribution in [0.15, 0.2) is 33.1 Å². The zero-order valence-electron chi connectivity index (χ0n) is 26.3. The summed E-state index contributed by atoms with van der Waals surface area (Å²) in [7, 11) is -1.99. The molecule has 5 N–H and O–H groups in total. The minimum absolute atomic E-state index is 0.0196. The summed E-state index contributed by atoms with van der Waals surface area (Å²) in [5.74, 6) is 0.201. The molecule has 0 spiro atoms. The smallest absolute Gasteiger partial charge is 0.213 e. The van der Waals surface area contributed by atoms with Crippen molar-refractivity contribution in [1.29, 1.82) is 0 Å².